The molecule has 0 spiro atoms. The van der Waals surface area contributed by atoms with Gasteiger partial charge in [0, 0.05) is 0 Å². The average Bonchev–Trinajstić information content (AvgIpc) is 3.35. The summed E-state index contributed by atoms with van der Waals surface area (Å²) in [5, 5.41) is 0. The normalized spacial score (nSPS) is 24.4. The molecule has 0 saturated heterocycles. The summed E-state index contributed by atoms with van der Waals surface area (Å²) in [5.41, 5.74) is 6.28. The second-order valence-corrected chi connectivity index (χ2v) is 7.58. The van der Waals surface area contributed by atoms with E-state index in [1.807, 2.05) is 0 Å². The van der Waals surface area contributed by atoms with E-state index >= 15 is 0 Å². The van der Waals surface area contributed by atoms with E-state index in [0.717, 1.165) is 0 Å². The van der Waals surface area contributed by atoms with Crippen LogP contribution in [0.2, 0.25) is 0 Å². The fraction of sp³-hybridized carbons (Fsp3) is 0.636. The van der Waals surface area contributed by atoms with Gasteiger partial charge in [-0.25, -0.2) is 0 Å². The lowest BCUT2D eigenvalue weighted by molar-refractivity contribution is 0.0638. The molecule has 0 atom stereocenters. The first-order chi connectivity index (χ1) is 11.4. The molecule has 0 fully saturated rings. The van der Waals surface area contributed by atoms with Crippen molar-refractivity contribution in [2.24, 2.45) is 0 Å². The van der Waals surface area contributed by atoms with Crippen molar-refractivity contribution in [3.63, 3.8) is 0 Å². The molecule has 1 heteroatoms. The molecule has 0 unspecified atom stereocenters. The van der Waals surface area contributed by atoms with Crippen LogP contribution >= 0.6 is 0 Å². The molecule has 0 radical (unpaired) electrons. The summed E-state index contributed by atoms with van der Waals surface area (Å²) in [6.45, 7) is 0. The van der Waals surface area contributed by atoms with E-state index in [4.69, 9.17) is 4.74 Å². The first kappa shape index (κ1) is 15.4. The summed E-state index contributed by atoms with van der Waals surface area (Å²) in [6, 6.07) is 0. The molecule has 124 valence electrons. The van der Waals surface area contributed by atoms with Gasteiger partial charge < -0.3 is 4.74 Å². The molecule has 0 heterocycles. The minimum atomic E-state index is 0.271. The van der Waals surface area contributed by atoms with E-state index in [-0.39, 0.29) is 12.2 Å². The summed E-state index contributed by atoms with van der Waals surface area (Å²) in [4.78, 5) is 0. The molecule has 0 bridgehead atoms. The Kier molecular flexibility index (Phi) is 4.85. The summed E-state index contributed by atoms with van der Waals surface area (Å²) in [6.07, 6.45) is 25.6. The largest absolute Gasteiger partial charge is 0.358 e. The molecule has 4 aliphatic carbocycles. The van der Waals surface area contributed by atoms with Crippen LogP contribution in [0.15, 0.2) is 46.6 Å². The highest BCUT2D eigenvalue weighted by Gasteiger charge is 2.31. The Morgan fingerprint density at radius 3 is 1.04 bits per heavy atom. The lowest BCUT2D eigenvalue weighted by Crippen LogP contribution is -2.27. The van der Waals surface area contributed by atoms with Crippen LogP contribution in [0.4, 0.5) is 0 Å². The second kappa shape index (κ2) is 7.21. The van der Waals surface area contributed by atoms with E-state index in [2.05, 4.69) is 24.3 Å². The summed E-state index contributed by atoms with van der Waals surface area (Å²) < 4.78 is 6.91. The van der Waals surface area contributed by atoms with Crippen LogP contribution in [-0.4, -0.2) is 12.2 Å². The number of ether oxygens (including phenoxy) is 1. The fourth-order valence-electron chi connectivity index (χ4n) is 4.70. The van der Waals surface area contributed by atoms with Crippen LogP contribution < -0.4 is 0 Å². The first-order valence-electron chi connectivity index (χ1n) is 9.83. The van der Waals surface area contributed by atoms with E-state index in [1.165, 1.54) is 77.0 Å². The van der Waals surface area contributed by atoms with Gasteiger partial charge in [0.15, 0.2) is 0 Å². The van der Waals surface area contributed by atoms with Gasteiger partial charge in [0.2, 0.25) is 0 Å². The standard InChI is InChI=1S/C22H30O/c1-2-10-17(9-1)21(18-11-3-4-12-18)23-22(19-13-5-6-14-19)20-15-7-8-16-20/h9,11,13,15,21-22H,1-8,10,12,14,16H2. The molecule has 0 aromatic rings. The zero-order valence-electron chi connectivity index (χ0n) is 14.4. The Hall–Kier alpha value is -1.08. The van der Waals surface area contributed by atoms with Crippen molar-refractivity contribution in [2.45, 2.75) is 89.3 Å². The third-order valence-electron chi connectivity index (χ3n) is 5.92. The zero-order valence-corrected chi connectivity index (χ0v) is 14.4. The Bertz CT molecular complexity index is 463. The van der Waals surface area contributed by atoms with Crippen molar-refractivity contribution in [3.8, 4) is 0 Å². The highest BCUT2D eigenvalue weighted by Crippen LogP contribution is 2.38. The summed E-state index contributed by atoms with van der Waals surface area (Å²) in [5.74, 6) is 0. The molecule has 0 saturated carbocycles. The highest BCUT2D eigenvalue weighted by molar-refractivity contribution is 5.32. The van der Waals surface area contributed by atoms with Gasteiger partial charge in [-0.3, -0.25) is 0 Å². The lowest BCUT2D eigenvalue weighted by Gasteiger charge is -2.29. The first-order valence-corrected chi connectivity index (χ1v) is 9.83. The Morgan fingerprint density at radius 2 is 0.826 bits per heavy atom. The minimum Gasteiger partial charge on any atom is -0.358 e. The summed E-state index contributed by atoms with van der Waals surface area (Å²) >= 11 is 0. The van der Waals surface area contributed by atoms with Gasteiger partial charge in [0.25, 0.3) is 0 Å². The Morgan fingerprint density at radius 1 is 0.522 bits per heavy atom. The van der Waals surface area contributed by atoms with Gasteiger partial charge in [-0.15, -0.1) is 0 Å². The van der Waals surface area contributed by atoms with Gasteiger partial charge in [0.1, 0.15) is 12.2 Å². The second-order valence-electron chi connectivity index (χ2n) is 7.58. The topological polar surface area (TPSA) is 9.23 Å². The maximum absolute atomic E-state index is 6.91. The number of rotatable bonds is 6. The van der Waals surface area contributed by atoms with Crippen LogP contribution in [0.25, 0.3) is 0 Å². The van der Waals surface area contributed by atoms with E-state index in [0.29, 0.717) is 0 Å². The molecule has 0 aromatic carbocycles. The molecule has 0 aliphatic heterocycles. The van der Waals surface area contributed by atoms with Gasteiger partial charge in [-0.2, -0.15) is 0 Å². The van der Waals surface area contributed by atoms with Gasteiger partial charge in [0.05, 0.1) is 0 Å². The maximum atomic E-state index is 6.91. The molecule has 0 aromatic heterocycles. The molecular weight excluding hydrogens is 280 g/mol. The predicted molar refractivity (Wildman–Crippen MR) is 96.4 cm³/mol. The highest BCUT2D eigenvalue weighted by atomic mass is 16.5. The average molecular weight is 310 g/mol. The van der Waals surface area contributed by atoms with Crippen LogP contribution in [0.1, 0.15) is 77.0 Å². The van der Waals surface area contributed by atoms with Crippen molar-refractivity contribution in [1.82, 2.24) is 0 Å². The summed E-state index contributed by atoms with van der Waals surface area (Å²) in [7, 11) is 0. The van der Waals surface area contributed by atoms with Crippen molar-refractivity contribution in [2.75, 3.05) is 0 Å². The van der Waals surface area contributed by atoms with E-state index in [9.17, 15) is 0 Å². The maximum Gasteiger partial charge on any atom is 0.101 e. The van der Waals surface area contributed by atoms with E-state index in [1.54, 1.807) is 22.3 Å². The van der Waals surface area contributed by atoms with Crippen molar-refractivity contribution >= 4 is 0 Å². The minimum absolute atomic E-state index is 0.271. The SMILES string of the molecule is C1=C(C(OC(C2=CCCC2)C2=CCCC2)C2=CCCC2)CCC1. The van der Waals surface area contributed by atoms with Crippen LogP contribution in [-0.2, 0) is 4.74 Å². The van der Waals surface area contributed by atoms with Gasteiger partial charge in [-0.05, 0) is 99.3 Å². The van der Waals surface area contributed by atoms with Crippen molar-refractivity contribution < 1.29 is 4.74 Å². The third kappa shape index (κ3) is 3.40. The number of hydrogen-bond donors (Lipinski definition) is 0. The molecular formula is C22H30O. The van der Waals surface area contributed by atoms with E-state index < -0.39 is 0 Å². The molecule has 4 rings (SSSR count). The smallest absolute Gasteiger partial charge is 0.101 e. The zero-order chi connectivity index (χ0) is 15.5. The monoisotopic (exact) mass is 310 g/mol. The Balaban J connectivity index is 1.59. The van der Waals surface area contributed by atoms with Crippen LogP contribution in [0, 0.1) is 0 Å². The quantitative estimate of drug-likeness (QED) is 0.532. The molecule has 0 amide bonds. The Labute approximate surface area is 141 Å². The predicted octanol–water partition coefficient (Wildman–Crippen LogP) is 6.18. The van der Waals surface area contributed by atoms with Crippen molar-refractivity contribution in [1.29, 1.82) is 0 Å². The lowest BCUT2D eigenvalue weighted by atomic mass is 9.96. The number of hydrogen-bond acceptors (Lipinski definition) is 1. The molecule has 23 heavy (non-hydrogen) atoms. The van der Waals surface area contributed by atoms with Gasteiger partial charge in [-0.1, -0.05) is 24.3 Å². The molecule has 1 nitrogen and oxygen atoms in total. The van der Waals surface area contributed by atoms with Crippen molar-refractivity contribution in [3.05, 3.63) is 46.6 Å². The van der Waals surface area contributed by atoms with Gasteiger partial charge >= 0.3 is 0 Å². The van der Waals surface area contributed by atoms with Crippen LogP contribution in [0.3, 0.4) is 0 Å². The van der Waals surface area contributed by atoms with Crippen LogP contribution in [0.5, 0.6) is 0 Å². The number of allylic oxidation sites excluding steroid dienone is 4. The fourth-order valence-corrected chi connectivity index (χ4v) is 4.70. The third-order valence-corrected chi connectivity index (χ3v) is 5.92. The molecule has 0 N–H and O–H groups in total. The molecule has 4 aliphatic rings.